The zero-order chi connectivity index (χ0) is 19.6. The highest BCUT2D eigenvalue weighted by molar-refractivity contribution is 6.30. The van der Waals surface area contributed by atoms with E-state index in [-0.39, 0.29) is 24.1 Å². The van der Waals surface area contributed by atoms with Gasteiger partial charge in [0.2, 0.25) is 0 Å². The number of aromatic nitrogens is 2. The van der Waals surface area contributed by atoms with Crippen molar-refractivity contribution in [1.82, 2.24) is 9.38 Å². The van der Waals surface area contributed by atoms with Crippen molar-refractivity contribution in [2.45, 2.75) is 33.3 Å². The largest absolute Gasteiger partial charge is 0.459 e. The van der Waals surface area contributed by atoms with Gasteiger partial charge in [0.1, 0.15) is 12.3 Å². The van der Waals surface area contributed by atoms with Gasteiger partial charge in [0.15, 0.2) is 0 Å². The molecule has 2 heterocycles. The molecule has 0 spiro atoms. The number of pyridine rings is 1. The molecule has 2 aromatic heterocycles. The molecule has 1 unspecified atom stereocenters. The van der Waals surface area contributed by atoms with Gasteiger partial charge in [-0.15, -0.1) is 0 Å². The third-order valence-corrected chi connectivity index (χ3v) is 4.59. The van der Waals surface area contributed by atoms with Crippen LogP contribution in [-0.2, 0) is 16.1 Å². The number of rotatable bonds is 5. The number of benzene rings is 1. The summed E-state index contributed by atoms with van der Waals surface area (Å²) in [6, 6.07) is 12.3. The molecule has 0 aliphatic heterocycles. The highest BCUT2D eigenvalue weighted by Gasteiger charge is 2.26. The molecule has 1 atom stereocenters. The summed E-state index contributed by atoms with van der Waals surface area (Å²) >= 11 is 6.06. The molecule has 0 bridgehead atoms. The first kappa shape index (κ1) is 19.1. The third-order valence-electron chi connectivity index (χ3n) is 4.35. The smallest absolute Gasteiger partial charge is 0.314 e. The van der Waals surface area contributed by atoms with Crippen LogP contribution in [-0.4, -0.2) is 15.4 Å². The summed E-state index contributed by atoms with van der Waals surface area (Å²) in [6.45, 7) is 5.76. The molecule has 0 saturated carbocycles. The van der Waals surface area contributed by atoms with E-state index in [2.05, 4.69) is 4.98 Å². The Balaban J connectivity index is 1.80. The molecule has 0 saturated heterocycles. The molecule has 6 heteroatoms. The number of halogens is 1. The number of nitrogens with zero attached hydrogens (tertiary/aromatic N) is 2. The molecule has 0 aliphatic rings. The summed E-state index contributed by atoms with van der Waals surface area (Å²) in [4.78, 5) is 29.4. The Morgan fingerprint density at radius 3 is 2.70 bits per heavy atom. The number of esters is 1. The Hall–Kier alpha value is -2.66. The minimum atomic E-state index is -0.437. The minimum absolute atomic E-state index is 0.0362. The van der Waals surface area contributed by atoms with Crippen LogP contribution in [0.4, 0.5) is 0 Å². The fourth-order valence-corrected chi connectivity index (χ4v) is 3.26. The zero-order valence-electron chi connectivity index (χ0n) is 15.5. The SMILES string of the molecule is Cc1ccc2nc(COC(=O)C(c3cccc(Cl)c3)C(C)C)cc(=O)n2c1. The summed E-state index contributed by atoms with van der Waals surface area (Å²) in [5.74, 6) is -0.764. The second-order valence-electron chi connectivity index (χ2n) is 6.90. The molecule has 0 fully saturated rings. The van der Waals surface area contributed by atoms with Gasteiger partial charge in [-0.3, -0.25) is 14.0 Å². The van der Waals surface area contributed by atoms with Gasteiger partial charge in [0.05, 0.1) is 11.6 Å². The molecule has 5 nitrogen and oxygen atoms in total. The van der Waals surface area contributed by atoms with E-state index in [1.165, 1.54) is 10.5 Å². The van der Waals surface area contributed by atoms with E-state index in [0.717, 1.165) is 11.1 Å². The van der Waals surface area contributed by atoms with E-state index in [1.54, 1.807) is 24.4 Å². The topological polar surface area (TPSA) is 60.7 Å². The van der Waals surface area contributed by atoms with Crippen molar-refractivity contribution in [3.63, 3.8) is 0 Å². The summed E-state index contributed by atoms with van der Waals surface area (Å²) in [5, 5.41) is 0.575. The zero-order valence-corrected chi connectivity index (χ0v) is 16.2. The molecule has 0 radical (unpaired) electrons. The van der Waals surface area contributed by atoms with Crippen LogP contribution in [0.2, 0.25) is 5.02 Å². The Morgan fingerprint density at radius 2 is 2.00 bits per heavy atom. The molecule has 3 aromatic rings. The van der Waals surface area contributed by atoms with Crippen molar-refractivity contribution in [2.75, 3.05) is 0 Å². The number of fused-ring (bicyclic) bond motifs is 1. The molecule has 1 aromatic carbocycles. The fourth-order valence-electron chi connectivity index (χ4n) is 3.06. The number of hydrogen-bond donors (Lipinski definition) is 0. The first-order valence-corrected chi connectivity index (χ1v) is 9.14. The quantitative estimate of drug-likeness (QED) is 0.620. The lowest BCUT2D eigenvalue weighted by Gasteiger charge is -2.20. The minimum Gasteiger partial charge on any atom is -0.459 e. The van der Waals surface area contributed by atoms with Crippen molar-refractivity contribution in [1.29, 1.82) is 0 Å². The lowest BCUT2D eigenvalue weighted by Crippen LogP contribution is -2.22. The first-order chi connectivity index (χ1) is 12.8. The van der Waals surface area contributed by atoms with E-state index in [4.69, 9.17) is 16.3 Å². The van der Waals surface area contributed by atoms with E-state index in [1.807, 2.05) is 39.0 Å². The van der Waals surface area contributed by atoms with Gasteiger partial charge in [-0.1, -0.05) is 43.6 Å². The maximum absolute atomic E-state index is 12.7. The lowest BCUT2D eigenvalue weighted by atomic mass is 9.88. The number of ether oxygens (including phenoxy) is 1. The maximum atomic E-state index is 12.7. The third kappa shape index (κ3) is 4.37. The van der Waals surface area contributed by atoms with Crippen molar-refractivity contribution in [3.8, 4) is 0 Å². The van der Waals surface area contributed by atoms with E-state index >= 15 is 0 Å². The predicted octanol–water partition coefficient (Wildman–Crippen LogP) is 4.14. The predicted molar refractivity (Wildman–Crippen MR) is 105 cm³/mol. The van der Waals surface area contributed by atoms with Crippen molar-refractivity contribution < 1.29 is 9.53 Å². The van der Waals surface area contributed by atoms with Crippen LogP contribution in [0, 0.1) is 12.8 Å². The van der Waals surface area contributed by atoms with Crippen LogP contribution in [0.15, 0.2) is 53.5 Å². The molecule has 140 valence electrons. The Bertz CT molecular complexity index is 1040. The lowest BCUT2D eigenvalue weighted by molar-refractivity contribution is -0.148. The second kappa shape index (κ2) is 7.92. The molecule has 3 rings (SSSR count). The van der Waals surface area contributed by atoms with Gasteiger partial charge in [-0.25, -0.2) is 4.98 Å². The highest BCUT2D eigenvalue weighted by atomic mass is 35.5. The van der Waals surface area contributed by atoms with E-state index in [0.29, 0.717) is 16.4 Å². The standard InChI is InChI=1S/C21H21ClN2O3/c1-13(2)20(15-5-4-6-16(22)9-15)21(26)27-12-17-10-19(25)24-11-14(3)7-8-18(24)23-17/h4-11,13,20H,12H2,1-3H3. The van der Waals surface area contributed by atoms with E-state index < -0.39 is 5.92 Å². The van der Waals surface area contributed by atoms with Gasteiger partial charge in [0, 0.05) is 17.3 Å². The van der Waals surface area contributed by atoms with Gasteiger partial charge in [-0.2, -0.15) is 0 Å². The van der Waals surface area contributed by atoms with Crippen molar-refractivity contribution in [3.05, 3.63) is 80.9 Å². The number of carbonyl (C=O) groups is 1. The van der Waals surface area contributed by atoms with Crippen LogP contribution in [0.1, 0.15) is 36.6 Å². The monoisotopic (exact) mass is 384 g/mol. The highest BCUT2D eigenvalue weighted by Crippen LogP contribution is 2.28. The van der Waals surface area contributed by atoms with E-state index in [9.17, 15) is 9.59 Å². The van der Waals surface area contributed by atoms with Gasteiger partial charge in [-0.05, 0) is 42.2 Å². The summed E-state index contributed by atoms with van der Waals surface area (Å²) in [6.07, 6.45) is 1.73. The maximum Gasteiger partial charge on any atom is 0.314 e. The average molecular weight is 385 g/mol. The van der Waals surface area contributed by atoms with Crippen LogP contribution in [0.5, 0.6) is 0 Å². The van der Waals surface area contributed by atoms with Crippen molar-refractivity contribution in [2.24, 2.45) is 5.92 Å². The molecular weight excluding hydrogens is 364 g/mol. The van der Waals surface area contributed by atoms with Gasteiger partial charge < -0.3 is 4.74 Å². The summed E-state index contributed by atoms with van der Waals surface area (Å²) < 4.78 is 6.96. The molecule has 0 N–H and O–H groups in total. The number of hydrogen-bond acceptors (Lipinski definition) is 4. The summed E-state index contributed by atoms with van der Waals surface area (Å²) in [7, 11) is 0. The Morgan fingerprint density at radius 1 is 1.22 bits per heavy atom. The van der Waals surface area contributed by atoms with Crippen LogP contribution >= 0.6 is 11.6 Å². The fraction of sp³-hybridized carbons (Fsp3) is 0.286. The summed E-state index contributed by atoms with van der Waals surface area (Å²) in [5.41, 5.74) is 2.52. The Kier molecular flexibility index (Phi) is 5.61. The molecular formula is C21H21ClN2O3. The van der Waals surface area contributed by atoms with Crippen LogP contribution < -0.4 is 5.56 Å². The Labute approximate surface area is 162 Å². The van der Waals surface area contributed by atoms with Crippen LogP contribution in [0.25, 0.3) is 5.65 Å². The number of carbonyl (C=O) groups excluding carboxylic acids is 1. The molecule has 27 heavy (non-hydrogen) atoms. The average Bonchev–Trinajstić information content (AvgIpc) is 2.60. The van der Waals surface area contributed by atoms with Gasteiger partial charge >= 0.3 is 5.97 Å². The normalized spacial score (nSPS) is 12.3. The molecule has 0 amide bonds. The van der Waals surface area contributed by atoms with Crippen molar-refractivity contribution >= 4 is 23.2 Å². The number of aryl methyl sites for hydroxylation is 1. The second-order valence-corrected chi connectivity index (χ2v) is 7.34. The molecule has 0 aliphatic carbocycles. The van der Waals surface area contributed by atoms with Gasteiger partial charge in [0.25, 0.3) is 5.56 Å². The first-order valence-electron chi connectivity index (χ1n) is 8.76. The van der Waals surface area contributed by atoms with Crippen LogP contribution in [0.3, 0.4) is 0 Å².